The van der Waals surface area contributed by atoms with Gasteiger partial charge in [-0.05, 0) is 24.6 Å². The molecule has 18 heavy (non-hydrogen) atoms. The molecular formula is C13H18ClNO2S. The zero-order valence-corrected chi connectivity index (χ0v) is 12.2. The second kappa shape index (κ2) is 5.19. The lowest BCUT2D eigenvalue weighted by Gasteiger charge is -2.19. The predicted octanol–water partition coefficient (Wildman–Crippen LogP) is 2.95. The zero-order chi connectivity index (χ0) is 13.3. The van der Waals surface area contributed by atoms with Gasteiger partial charge in [0.15, 0.2) is 9.84 Å². The van der Waals surface area contributed by atoms with Gasteiger partial charge >= 0.3 is 0 Å². The van der Waals surface area contributed by atoms with Gasteiger partial charge in [0.25, 0.3) is 0 Å². The van der Waals surface area contributed by atoms with Crippen LogP contribution in [0.2, 0.25) is 5.02 Å². The Balaban J connectivity index is 2.59. The number of sulfone groups is 1. The van der Waals surface area contributed by atoms with Crippen LogP contribution in [-0.4, -0.2) is 20.2 Å². The van der Waals surface area contributed by atoms with E-state index in [2.05, 4.69) is 5.32 Å². The van der Waals surface area contributed by atoms with Crippen LogP contribution in [0, 0.1) is 0 Å². The van der Waals surface area contributed by atoms with Crippen LogP contribution < -0.4 is 5.32 Å². The molecule has 0 saturated heterocycles. The third kappa shape index (κ3) is 2.06. The molecule has 1 aromatic carbocycles. The lowest BCUT2D eigenvalue weighted by molar-refractivity contribution is 0.492. The predicted molar refractivity (Wildman–Crippen MR) is 73.8 cm³/mol. The van der Waals surface area contributed by atoms with Gasteiger partial charge in [0.05, 0.1) is 21.2 Å². The fourth-order valence-electron chi connectivity index (χ4n) is 2.67. The van der Waals surface area contributed by atoms with Crippen molar-refractivity contribution in [1.29, 1.82) is 0 Å². The van der Waals surface area contributed by atoms with Crippen LogP contribution in [-0.2, 0) is 9.84 Å². The molecular weight excluding hydrogens is 270 g/mol. The quantitative estimate of drug-likeness (QED) is 0.926. The fraction of sp³-hybridized carbons (Fsp3) is 0.538. The van der Waals surface area contributed by atoms with Gasteiger partial charge in [-0.2, -0.15) is 0 Å². The van der Waals surface area contributed by atoms with Gasteiger partial charge < -0.3 is 5.32 Å². The van der Waals surface area contributed by atoms with Gasteiger partial charge in [-0.1, -0.05) is 44.0 Å². The lowest BCUT2D eigenvalue weighted by Crippen LogP contribution is -2.31. The van der Waals surface area contributed by atoms with Crippen LogP contribution in [0.3, 0.4) is 0 Å². The highest BCUT2D eigenvalue weighted by molar-refractivity contribution is 7.92. The van der Waals surface area contributed by atoms with E-state index in [1.807, 2.05) is 26.0 Å². The highest BCUT2D eigenvalue weighted by Crippen LogP contribution is 2.44. The van der Waals surface area contributed by atoms with Gasteiger partial charge in [0.2, 0.25) is 0 Å². The van der Waals surface area contributed by atoms with E-state index in [4.69, 9.17) is 11.6 Å². The van der Waals surface area contributed by atoms with Gasteiger partial charge in [-0.3, -0.25) is 0 Å². The molecule has 3 nitrogen and oxygen atoms in total. The first-order valence-electron chi connectivity index (χ1n) is 6.29. The van der Waals surface area contributed by atoms with E-state index in [0.29, 0.717) is 16.3 Å². The Hall–Kier alpha value is -0.580. The molecule has 2 rings (SSSR count). The number of rotatable bonds is 4. The van der Waals surface area contributed by atoms with E-state index >= 15 is 0 Å². The second-order valence-corrected chi connectivity index (χ2v) is 7.08. The molecule has 100 valence electrons. The summed E-state index contributed by atoms with van der Waals surface area (Å²) in [6, 6.07) is 5.19. The molecule has 1 aliphatic rings. The molecule has 1 aromatic rings. The van der Waals surface area contributed by atoms with Gasteiger partial charge in [-0.15, -0.1) is 0 Å². The first-order chi connectivity index (χ1) is 8.54. The largest absolute Gasteiger partial charge is 0.309 e. The third-order valence-corrected chi connectivity index (χ3v) is 6.14. The smallest absolute Gasteiger partial charge is 0.184 e. The minimum atomic E-state index is -3.31. The maximum absolute atomic E-state index is 12.6. The second-order valence-electron chi connectivity index (χ2n) is 4.57. The van der Waals surface area contributed by atoms with Crippen LogP contribution in [0.1, 0.15) is 38.3 Å². The molecule has 0 radical (unpaired) electrons. The number of halogens is 1. The molecule has 1 N–H and O–H groups in total. The SMILES string of the molecule is CCCC1C(NCC)c2cccc(Cl)c2S1(=O)=O. The monoisotopic (exact) mass is 287 g/mol. The lowest BCUT2D eigenvalue weighted by atomic mass is 10.0. The van der Waals surface area contributed by atoms with Crippen molar-refractivity contribution in [3.63, 3.8) is 0 Å². The summed E-state index contributed by atoms with van der Waals surface area (Å²) >= 11 is 6.08. The summed E-state index contributed by atoms with van der Waals surface area (Å²) in [5.74, 6) is 0. The van der Waals surface area contributed by atoms with E-state index in [0.717, 1.165) is 18.5 Å². The van der Waals surface area contributed by atoms with Crippen LogP contribution in [0.4, 0.5) is 0 Å². The standard InChI is InChI=1S/C13H18ClNO2S/c1-3-6-11-12(15-4-2)9-7-5-8-10(14)13(9)18(11,16)17/h5,7-8,11-12,15H,3-4,6H2,1-2H3. The van der Waals surface area contributed by atoms with Crippen molar-refractivity contribution in [3.8, 4) is 0 Å². The molecule has 2 atom stereocenters. The van der Waals surface area contributed by atoms with Gasteiger partial charge in [0, 0.05) is 0 Å². The number of hydrogen-bond donors (Lipinski definition) is 1. The number of nitrogens with one attached hydrogen (secondary N) is 1. The summed E-state index contributed by atoms with van der Waals surface area (Å²) in [4.78, 5) is 0.330. The molecule has 1 heterocycles. The number of fused-ring (bicyclic) bond motifs is 1. The van der Waals surface area contributed by atoms with Crippen molar-refractivity contribution in [1.82, 2.24) is 5.32 Å². The molecule has 1 aliphatic heterocycles. The topological polar surface area (TPSA) is 46.2 Å². The zero-order valence-electron chi connectivity index (χ0n) is 10.6. The van der Waals surface area contributed by atoms with Gasteiger partial charge in [-0.25, -0.2) is 8.42 Å². The summed E-state index contributed by atoms with van der Waals surface area (Å²) in [6.07, 6.45) is 1.50. The van der Waals surface area contributed by atoms with Gasteiger partial charge in [0.1, 0.15) is 0 Å². The summed E-state index contributed by atoms with van der Waals surface area (Å²) < 4.78 is 25.1. The van der Waals surface area contributed by atoms with Crippen molar-refractivity contribution < 1.29 is 8.42 Å². The number of benzene rings is 1. The fourth-order valence-corrected chi connectivity index (χ4v) is 5.49. The minimum absolute atomic E-state index is 0.131. The molecule has 0 bridgehead atoms. The molecule has 5 heteroatoms. The highest BCUT2D eigenvalue weighted by atomic mass is 35.5. The summed E-state index contributed by atoms with van der Waals surface area (Å²) in [5, 5.41) is 3.23. The maximum atomic E-state index is 12.6. The first kappa shape index (κ1) is 13.8. The maximum Gasteiger partial charge on any atom is 0.184 e. The Bertz CT molecular complexity index is 542. The third-order valence-electron chi connectivity index (χ3n) is 3.38. The minimum Gasteiger partial charge on any atom is -0.309 e. The van der Waals surface area contributed by atoms with Crippen molar-refractivity contribution in [2.75, 3.05) is 6.54 Å². The molecule has 0 saturated carbocycles. The Morgan fingerprint density at radius 3 is 2.67 bits per heavy atom. The summed E-state index contributed by atoms with van der Waals surface area (Å²) in [7, 11) is -3.31. The van der Waals surface area contributed by atoms with E-state index in [9.17, 15) is 8.42 Å². The Kier molecular flexibility index (Phi) is 3.99. The first-order valence-corrected chi connectivity index (χ1v) is 8.22. The molecule has 0 aromatic heterocycles. The molecule has 0 fully saturated rings. The van der Waals surface area contributed by atoms with Crippen molar-refractivity contribution in [2.24, 2.45) is 0 Å². The van der Waals surface area contributed by atoms with Crippen molar-refractivity contribution in [3.05, 3.63) is 28.8 Å². The van der Waals surface area contributed by atoms with E-state index in [1.54, 1.807) is 6.07 Å². The molecule has 0 aliphatic carbocycles. The highest BCUT2D eigenvalue weighted by Gasteiger charge is 2.45. The van der Waals surface area contributed by atoms with Crippen molar-refractivity contribution >= 4 is 21.4 Å². The average Bonchev–Trinajstić information content (AvgIpc) is 2.52. The molecule has 2 unspecified atom stereocenters. The number of hydrogen-bond acceptors (Lipinski definition) is 3. The Morgan fingerprint density at radius 1 is 1.33 bits per heavy atom. The normalized spacial score (nSPS) is 25.1. The van der Waals surface area contributed by atoms with Crippen LogP contribution in [0.5, 0.6) is 0 Å². The van der Waals surface area contributed by atoms with Crippen LogP contribution in [0.25, 0.3) is 0 Å². The van der Waals surface area contributed by atoms with E-state index in [1.165, 1.54) is 0 Å². The van der Waals surface area contributed by atoms with E-state index in [-0.39, 0.29) is 6.04 Å². The molecule has 0 spiro atoms. The average molecular weight is 288 g/mol. The Morgan fingerprint density at radius 2 is 2.06 bits per heavy atom. The molecule has 0 amide bonds. The summed E-state index contributed by atoms with van der Waals surface area (Å²) in [6.45, 7) is 4.73. The van der Waals surface area contributed by atoms with E-state index < -0.39 is 15.1 Å². The Labute approximate surface area is 113 Å². The van der Waals surface area contributed by atoms with Crippen LogP contribution in [0.15, 0.2) is 23.1 Å². The van der Waals surface area contributed by atoms with Crippen molar-refractivity contribution in [2.45, 2.75) is 42.9 Å². The van der Waals surface area contributed by atoms with Crippen LogP contribution >= 0.6 is 11.6 Å². The summed E-state index contributed by atoms with van der Waals surface area (Å²) in [5.41, 5.74) is 0.822.